The van der Waals surface area contributed by atoms with Gasteiger partial charge in [-0.05, 0) is 47.9 Å². The number of ether oxygens (including phenoxy) is 1. The van der Waals surface area contributed by atoms with Crippen LogP contribution in [0.2, 0.25) is 0 Å². The summed E-state index contributed by atoms with van der Waals surface area (Å²) < 4.78 is 20.2. The van der Waals surface area contributed by atoms with Crippen molar-refractivity contribution in [1.29, 1.82) is 0 Å². The maximum atomic E-state index is 13.0. The molecule has 1 aliphatic heterocycles. The fourth-order valence-electron chi connectivity index (χ4n) is 3.05. The number of rotatable bonds is 5. The molecule has 0 aliphatic carbocycles. The Morgan fingerprint density at radius 2 is 1.93 bits per heavy atom. The van der Waals surface area contributed by atoms with E-state index in [4.69, 9.17) is 4.74 Å². The third kappa shape index (κ3) is 4.05. The third-order valence-corrected chi connectivity index (χ3v) is 4.55. The van der Waals surface area contributed by atoms with Gasteiger partial charge in [0.2, 0.25) is 0 Å². The summed E-state index contributed by atoms with van der Waals surface area (Å²) in [7, 11) is 0. The Morgan fingerprint density at radius 1 is 1.15 bits per heavy atom. The van der Waals surface area contributed by atoms with Gasteiger partial charge in [0.15, 0.2) is 0 Å². The van der Waals surface area contributed by atoms with Crippen molar-refractivity contribution in [2.75, 3.05) is 0 Å². The highest BCUT2D eigenvalue weighted by molar-refractivity contribution is 5.76. The zero-order chi connectivity index (χ0) is 18.6. The average molecular weight is 366 g/mol. The molecule has 1 aromatic heterocycles. The molecule has 1 fully saturated rings. The van der Waals surface area contributed by atoms with E-state index in [0.717, 1.165) is 16.8 Å². The van der Waals surface area contributed by atoms with Crippen LogP contribution >= 0.6 is 0 Å². The van der Waals surface area contributed by atoms with E-state index in [2.05, 4.69) is 16.0 Å². The predicted molar refractivity (Wildman–Crippen MR) is 97.2 cm³/mol. The normalized spacial score (nSPS) is 19.1. The number of halogens is 1. The van der Waals surface area contributed by atoms with Gasteiger partial charge in [0.25, 0.3) is 0 Å². The van der Waals surface area contributed by atoms with Crippen molar-refractivity contribution < 1.29 is 13.9 Å². The monoisotopic (exact) mass is 366 g/mol. The zero-order valence-electron chi connectivity index (χ0n) is 14.5. The number of benzene rings is 2. The van der Waals surface area contributed by atoms with Crippen LogP contribution in [0.1, 0.15) is 23.6 Å². The molecule has 2 aromatic carbocycles. The van der Waals surface area contributed by atoms with E-state index < -0.39 is 6.04 Å². The van der Waals surface area contributed by atoms with Crippen molar-refractivity contribution in [2.45, 2.75) is 25.1 Å². The Morgan fingerprint density at radius 3 is 2.63 bits per heavy atom. The van der Waals surface area contributed by atoms with Crippen molar-refractivity contribution >= 4 is 5.97 Å². The number of carbonyl (C=O) groups excluding carboxylic acids is 1. The van der Waals surface area contributed by atoms with E-state index in [1.165, 1.54) is 12.1 Å². The van der Waals surface area contributed by atoms with Gasteiger partial charge in [-0.3, -0.25) is 4.79 Å². The van der Waals surface area contributed by atoms with Crippen LogP contribution in [-0.4, -0.2) is 21.8 Å². The fraction of sp³-hybridized carbons (Fsp3) is 0.200. The summed E-state index contributed by atoms with van der Waals surface area (Å²) in [6.45, 7) is 0.206. The lowest BCUT2D eigenvalue weighted by molar-refractivity contribution is -0.147. The number of hydrogen-bond donors (Lipinski definition) is 2. The largest absolute Gasteiger partial charge is 0.460 e. The van der Waals surface area contributed by atoms with Crippen molar-refractivity contribution in [1.82, 2.24) is 20.6 Å². The van der Waals surface area contributed by atoms with Crippen LogP contribution in [-0.2, 0) is 16.1 Å². The highest BCUT2D eigenvalue weighted by Gasteiger charge is 2.31. The maximum Gasteiger partial charge on any atom is 0.324 e. The minimum atomic E-state index is -0.441. The van der Waals surface area contributed by atoms with Gasteiger partial charge in [0.05, 0.1) is 5.69 Å². The maximum absolute atomic E-state index is 13.0. The molecule has 3 aromatic rings. The third-order valence-electron chi connectivity index (χ3n) is 4.55. The van der Waals surface area contributed by atoms with Crippen molar-refractivity contribution in [3.05, 3.63) is 83.9 Å². The Bertz CT molecular complexity index is 895. The number of carbonyl (C=O) groups is 1. The van der Waals surface area contributed by atoms with Crippen LogP contribution in [0.25, 0.3) is 5.69 Å². The summed E-state index contributed by atoms with van der Waals surface area (Å²) in [6.07, 6.45) is 4.13. The van der Waals surface area contributed by atoms with Crippen LogP contribution in [0.4, 0.5) is 4.39 Å². The molecule has 2 N–H and O–H groups in total. The van der Waals surface area contributed by atoms with Gasteiger partial charge in [-0.15, -0.1) is 0 Å². The molecule has 7 heteroatoms. The van der Waals surface area contributed by atoms with Crippen LogP contribution in [0.3, 0.4) is 0 Å². The summed E-state index contributed by atoms with van der Waals surface area (Å²) in [6, 6.07) is 15.3. The lowest BCUT2D eigenvalue weighted by Gasteiger charge is -2.10. The molecule has 6 nitrogen and oxygen atoms in total. The zero-order valence-corrected chi connectivity index (χ0v) is 14.5. The molecule has 0 bridgehead atoms. The van der Waals surface area contributed by atoms with Gasteiger partial charge in [-0.1, -0.05) is 24.3 Å². The molecule has 0 spiro atoms. The number of hydrogen-bond acceptors (Lipinski definition) is 5. The Balaban J connectivity index is 1.30. The second-order valence-electron chi connectivity index (χ2n) is 6.41. The number of aromatic nitrogens is 2. The fourth-order valence-corrected chi connectivity index (χ4v) is 3.05. The first-order valence-electron chi connectivity index (χ1n) is 8.71. The smallest absolute Gasteiger partial charge is 0.324 e. The van der Waals surface area contributed by atoms with Crippen LogP contribution in [0.15, 0.2) is 67.0 Å². The predicted octanol–water partition coefficient (Wildman–Crippen LogP) is 2.66. The topological polar surface area (TPSA) is 68.2 Å². The van der Waals surface area contributed by atoms with Gasteiger partial charge >= 0.3 is 5.97 Å². The van der Waals surface area contributed by atoms with Crippen LogP contribution in [0, 0.1) is 5.82 Å². The Hall–Kier alpha value is -3.03. The van der Waals surface area contributed by atoms with Crippen LogP contribution < -0.4 is 10.9 Å². The van der Waals surface area contributed by atoms with E-state index in [0.29, 0.717) is 6.42 Å². The molecule has 2 unspecified atom stereocenters. The molecule has 138 valence electrons. The number of hydrazine groups is 1. The lowest BCUT2D eigenvalue weighted by atomic mass is 10.0. The first-order chi connectivity index (χ1) is 13.2. The summed E-state index contributed by atoms with van der Waals surface area (Å²) in [4.78, 5) is 12.3. The minimum Gasteiger partial charge on any atom is -0.460 e. The minimum absolute atomic E-state index is 0.0588. The quantitative estimate of drug-likeness (QED) is 0.680. The molecular weight excluding hydrogens is 347 g/mol. The molecule has 1 aliphatic rings. The Labute approximate surface area is 155 Å². The van der Waals surface area contributed by atoms with E-state index >= 15 is 0 Å². The molecule has 4 rings (SSSR count). The first-order valence-corrected chi connectivity index (χ1v) is 8.71. The SMILES string of the molecule is O=C(OCc1ccc(-n2cccn2)cc1)C1CC(c2ccc(F)cc2)NN1. The Kier molecular flexibility index (Phi) is 4.95. The molecule has 0 amide bonds. The highest BCUT2D eigenvalue weighted by Crippen LogP contribution is 2.23. The summed E-state index contributed by atoms with van der Waals surface area (Å²) in [5, 5.41) is 4.17. The van der Waals surface area contributed by atoms with Gasteiger partial charge in [-0.2, -0.15) is 5.10 Å². The van der Waals surface area contributed by atoms with Gasteiger partial charge < -0.3 is 4.74 Å². The molecule has 2 heterocycles. The molecular formula is C20H19FN4O2. The molecule has 1 saturated heterocycles. The lowest BCUT2D eigenvalue weighted by Crippen LogP contribution is -2.37. The van der Waals surface area contributed by atoms with Crippen LogP contribution in [0.5, 0.6) is 0 Å². The van der Waals surface area contributed by atoms with E-state index in [9.17, 15) is 9.18 Å². The molecule has 27 heavy (non-hydrogen) atoms. The number of nitrogens with one attached hydrogen (secondary N) is 2. The van der Waals surface area contributed by atoms with Crippen molar-refractivity contribution in [2.24, 2.45) is 0 Å². The number of esters is 1. The molecule has 0 saturated carbocycles. The summed E-state index contributed by atoms with van der Waals surface area (Å²) >= 11 is 0. The summed E-state index contributed by atoms with van der Waals surface area (Å²) in [5.74, 6) is -0.595. The van der Waals surface area contributed by atoms with Gasteiger partial charge in [0, 0.05) is 18.4 Å². The second kappa shape index (κ2) is 7.69. The summed E-state index contributed by atoms with van der Waals surface area (Å²) in [5.41, 5.74) is 8.79. The van der Waals surface area contributed by atoms with Gasteiger partial charge in [-0.25, -0.2) is 19.9 Å². The van der Waals surface area contributed by atoms with Crippen molar-refractivity contribution in [3.8, 4) is 5.69 Å². The van der Waals surface area contributed by atoms with Gasteiger partial charge in [0.1, 0.15) is 18.5 Å². The van der Waals surface area contributed by atoms with E-state index in [1.807, 2.05) is 36.5 Å². The molecule has 2 atom stereocenters. The highest BCUT2D eigenvalue weighted by atomic mass is 19.1. The van der Waals surface area contributed by atoms with E-state index in [1.54, 1.807) is 23.0 Å². The average Bonchev–Trinajstić information content (AvgIpc) is 3.39. The van der Waals surface area contributed by atoms with E-state index in [-0.39, 0.29) is 24.4 Å². The number of nitrogens with zero attached hydrogens (tertiary/aromatic N) is 2. The molecule has 0 radical (unpaired) electrons. The standard InChI is InChI=1S/C20H19FN4O2/c21-16-6-4-15(5-7-16)18-12-19(24-23-18)20(26)27-13-14-2-8-17(9-3-14)25-11-1-10-22-25/h1-11,18-19,23-24H,12-13H2. The van der Waals surface area contributed by atoms with Crippen molar-refractivity contribution in [3.63, 3.8) is 0 Å². The first kappa shape index (κ1) is 17.4. The second-order valence-corrected chi connectivity index (χ2v) is 6.41.